The van der Waals surface area contributed by atoms with E-state index in [9.17, 15) is 32.7 Å². The van der Waals surface area contributed by atoms with Crippen molar-refractivity contribution in [2.75, 3.05) is 19.6 Å². The number of rotatable bonds is 5. The van der Waals surface area contributed by atoms with E-state index in [-0.39, 0.29) is 41.6 Å². The molecule has 16 heteroatoms. The van der Waals surface area contributed by atoms with Gasteiger partial charge in [-0.15, -0.1) is 0 Å². The molecule has 2 saturated heterocycles. The molecular formula is C34H26BrCl2F3N4O6. The number of fused-ring (bicyclic) bond motifs is 4. The molecule has 3 heterocycles. The smallest absolute Gasteiger partial charge is 0.417 e. The quantitative estimate of drug-likeness (QED) is 0.222. The SMILES string of the molecule is COc1cc(Br)cc([C@H]2C3=CC[C@@H]4C(=O)N(C)C(=O)[C@@H]4[C@@H]3C[C@H]3C(=O)N(Nc4ncc(C(F)(F)F)cc4Cl)C(=O)[C@@]23c2ccc(Cl)cc2)c1O. The first kappa shape index (κ1) is 34.3. The lowest BCUT2D eigenvalue weighted by molar-refractivity contribution is -0.140. The summed E-state index contributed by atoms with van der Waals surface area (Å²) in [7, 11) is 2.76. The van der Waals surface area contributed by atoms with Crippen LogP contribution in [0.2, 0.25) is 10.0 Å². The summed E-state index contributed by atoms with van der Waals surface area (Å²) < 4.78 is 46.1. The van der Waals surface area contributed by atoms with Gasteiger partial charge in [0.1, 0.15) is 0 Å². The monoisotopic (exact) mass is 792 g/mol. The summed E-state index contributed by atoms with van der Waals surface area (Å²) in [5, 5.41) is 12.2. The lowest BCUT2D eigenvalue weighted by Gasteiger charge is -2.50. The van der Waals surface area contributed by atoms with Crippen molar-refractivity contribution in [3.63, 3.8) is 0 Å². The van der Waals surface area contributed by atoms with Gasteiger partial charge in [-0.25, -0.2) is 4.98 Å². The first-order chi connectivity index (χ1) is 23.6. The van der Waals surface area contributed by atoms with E-state index in [1.54, 1.807) is 30.3 Å². The number of hydrogen-bond acceptors (Lipinski definition) is 8. The molecule has 2 N–H and O–H groups in total. The van der Waals surface area contributed by atoms with Crippen molar-refractivity contribution >= 4 is 68.6 Å². The number of aromatic hydroxyl groups is 1. The first-order valence-corrected chi connectivity index (χ1v) is 16.9. The van der Waals surface area contributed by atoms with E-state index < -0.39 is 69.5 Å². The van der Waals surface area contributed by atoms with Gasteiger partial charge >= 0.3 is 6.18 Å². The molecule has 0 radical (unpaired) electrons. The molecule has 1 aromatic heterocycles. The van der Waals surface area contributed by atoms with Gasteiger partial charge in [0.05, 0.1) is 40.9 Å². The van der Waals surface area contributed by atoms with Crippen molar-refractivity contribution in [2.24, 2.45) is 23.7 Å². The van der Waals surface area contributed by atoms with Crippen LogP contribution >= 0.6 is 39.1 Å². The van der Waals surface area contributed by atoms with Gasteiger partial charge in [-0.05, 0) is 54.7 Å². The van der Waals surface area contributed by atoms with Gasteiger partial charge in [0.25, 0.3) is 11.8 Å². The number of benzene rings is 2. The van der Waals surface area contributed by atoms with Crippen LogP contribution in [0.1, 0.15) is 35.4 Å². The molecule has 50 heavy (non-hydrogen) atoms. The molecule has 2 aliphatic heterocycles. The van der Waals surface area contributed by atoms with Crippen molar-refractivity contribution in [2.45, 2.75) is 30.4 Å². The molecule has 3 fully saturated rings. The second-order valence-electron chi connectivity index (χ2n) is 12.7. The number of carbonyl (C=O) groups excluding carboxylic acids is 4. The summed E-state index contributed by atoms with van der Waals surface area (Å²) in [6, 6.07) is 10.0. The Morgan fingerprint density at radius 1 is 1.04 bits per heavy atom. The summed E-state index contributed by atoms with van der Waals surface area (Å²) in [6.45, 7) is 0. The largest absolute Gasteiger partial charge is 0.504 e. The fraction of sp³-hybridized carbons (Fsp3) is 0.324. The molecule has 2 aromatic carbocycles. The molecule has 0 bridgehead atoms. The Hall–Kier alpha value is -4.14. The Balaban J connectivity index is 1.48. The zero-order valence-corrected chi connectivity index (χ0v) is 29.2. The number of likely N-dealkylation sites (tertiary alicyclic amines) is 1. The minimum atomic E-state index is -4.75. The summed E-state index contributed by atoms with van der Waals surface area (Å²) in [5.74, 6) is -7.58. The number of halogens is 6. The van der Waals surface area contributed by atoms with Crippen molar-refractivity contribution in [3.05, 3.63) is 91.5 Å². The number of nitrogens with zero attached hydrogens (tertiary/aromatic N) is 3. The topological polar surface area (TPSA) is 129 Å². The number of phenolic OH excluding ortho intramolecular Hbond substituents is 1. The highest BCUT2D eigenvalue weighted by Gasteiger charge is 2.70. The Kier molecular flexibility index (Phi) is 8.22. The average Bonchev–Trinajstić information content (AvgIpc) is 3.42. The molecule has 4 amide bonds. The van der Waals surface area contributed by atoms with Crippen LogP contribution in [0.5, 0.6) is 11.5 Å². The predicted molar refractivity (Wildman–Crippen MR) is 177 cm³/mol. The lowest BCUT2D eigenvalue weighted by atomic mass is 9.49. The van der Waals surface area contributed by atoms with Crippen LogP contribution in [-0.2, 0) is 30.8 Å². The van der Waals surface area contributed by atoms with E-state index >= 15 is 4.79 Å². The summed E-state index contributed by atoms with van der Waals surface area (Å²) in [5.41, 5.74) is 0.732. The number of hydrazine groups is 1. The van der Waals surface area contributed by atoms with Crippen molar-refractivity contribution in [1.29, 1.82) is 0 Å². The average molecular weight is 794 g/mol. The van der Waals surface area contributed by atoms with Gasteiger partial charge in [0.15, 0.2) is 17.3 Å². The van der Waals surface area contributed by atoms with Gasteiger partial charge in [-0.2, -0.15) is 18.2 Å². The van der Waals surface area contributed by atoms with Crippen molar-refractivity contribution in [1.82, 2.24) is 14.9 Å². The second-order valence-corrected chi connectivity index (χ2v) is 14.5. The molecule has 260 valence electrons. The number of anilines is 1. The molecule has 0 unspecified atom stereocenters. The van der Waals surface area contributed by atoms with Gasteiger partial charge < -0.3 is 9.84 Å². The minimum Gasteiger partial charge on any atom is -0.504 e. The Bertz CT molecular complexity index is 2030. The number of methoxy groups -OCH3 is 1. The van der Waals surface area contributed by atoms with Crippen LogP contribution < -0.4 is 10.2 Å². The van der Waals surface area contributed by atoms with Gasteiger partial charge in [-0.3, -0.25) is 29.5 Å². The van der Waals surface area contributed by atoms with Crippen molar-refractivity contribution < 1.29 is 42.2 Å². The van der Waals surface area contributed by atoms with Crippen LogP contribution in [0.3, 0.4) is 0 Å². The molecule has 7 rings (SSSR count). The zero-order chi connectivity index (χ0) is 36.0. The van der Waals surface area contributed by atoms with E-state index in [0.717, 1.165) is 4.90 Å². The van der Waals surface area contributed by atoms with Crippen LogP contribution in [-0.4, -0.2) is 57.8 Å². The number of allylic oxidation sites excluding steroid dienone is 2. The summed E-state index contributed by atoms with van der Waals surface area (Å²) in [4.78, 5) is 61.5. The number of imide groups is 2. The van der Waals surface area contributed by atoms with Gasteiger partial charge in [-0.1, -0.05) is 62.9 Å². The third-order valence-electron chi connectivity index (χ3n) is 10.4. The van der Waals surface area contributed by atoms with Gasteiger partial charge in [0.2, 0.25) is 11.8 Å². The number of alkyl halides is 3. The first-order valence-electron chi connectivity index (χ1n) is 15.3. The van der Waals surface area contributed by atoms with E-state index in [0.29, 0.717) is 37.9 Å². The van der Waals surface area contributed by atoms with E-state index in [4.69, 9.17) is 27.9 Å². The van der Waals surface area contributed by atoms with E-state index in [1.807, 2.05) is 6.08 Å². The predicted octanol–water partition coefficient (Wildman–Crippen LogP) is 6.50. The molecular weight excluding hydrogens is 768 g/mol. The highest BCUT2D eigenvalue weighted by molar-refractivity contribution is 9.10. The normalized spacial score (nSPS) is 27.6. The third-order valence-corrected chi connectivity index (χ3v) is 11.4. The molecule has 1 saturated carbocycles. The highest BCUT2D eigenvalue weighted by Crippen LogP contribution is 2.65. The van der Waals surface area contributed by atoms with E-state index in [2.05, 4.69) is 26.3 Å². The number of ether oxygens (including phenoxy) is 1. The number of hydrogen-bond donors (Lipinski definition) is 2. The third kappa shape index (κ3) is 4.93. The standard InChI is InChI=1S/C34H26BrCl2F3N4O6/c1-43-29(46)19-8-7-18-20(25(19)31(43)48)12-22-30(47)44(42-28-23(37)9-15(13-41-28)34(38,39)40)32(49)33(22,14-3-5-17(36)6-4-14)26(18)21-10-16(35)11-24(50-2)27(21)45/h3-7,9-11,13,19-20,22,25-26,45H,8,12H2,1-2H3,(H,41,42)/t19-,20+,22-,25-,26+,33+/m0/s1. The molecule has 10 nitrogen and oxygen atoms in total. The Morgan fingerprint density at radius 2 is 1.74 bits per heavy atom. The van der Waals surface area contributed by atoms with Crippen LogP contribution in [0.15, 0.2) is 64.8 Å². The van der Waals surface area contributed by atoms with Gasteiger partial charge in [0, 0.05) is 34.2 Å². The van der Waals surface area contributed by atoms with Crippen LogP contribution in [0.25, 0.3) is 0 Å². The molecule has 0 spiro atoms. The summed E-state index contributed by atoms with van der Waals surface area (Å²) >= 11 is 16.0. The van der Waals surface area contributed by atoms with Crippen molar-refractivity contribution in [3.8, 4) is 11.5 Å². The number of aromatic nitrogens is 1. The lowest BCUT2D eigenvalue weighted by Crippen LogP contribution is -2.53. The maximum atomic E-state index is 15.2. The summed E-state index contributed by atoms with van der Waals surface area (Å²) in [6.07, 6.45) is -2.30. The van der Waals surface area contributed by atoms with Crippen LogP contribution in [0.4, 0.5) is 19.0 Å². The van der Waals surface area contributed by atoms with Crippen LogP contribution in [0, 0.1) is 23.7 Å². The molecule has 4 aliphatic rings. The zero-order valence-electron chi connectivity index (χ0n) is 26.1. The molecule has 3 aromatic rings. The number of carbonyl (C=O) groups is 4. The fourth-order valence-electron chi connectivity index (χ4n) is 8.25. The highest BCUT2D eigenvalue weighted by atomic mass is 79.9. The maximum absolute atomic E-state index is 15.2. The maximum Gasteiger partial charge on any atom is 0.417 e. The number of amides is 4. The fourth-order valence-corrected chi connectivity index (χ4v) is 9.04. The second kappa shape index (κ2) is 12.0. The number of nitrogens with one attached hydrogen (secondary N) is 1. The number of phenols is 1. The Morgan fingerprint density at radius 3 is 2.38 bits per heavy atom. The molecule has 2 aliphatic carbocycles. The van der Waals surface area contributed by atoms with E-state index in [1.165, 1.54) is 20.2 Å². The minimum absolute atomic E-state index is 0.0538. The Labute approximate surface area is 301 Å². The number of pyridine rings is 1. The molecule has 6 atom stereocenters.